The molecule has 27 heavy (non-hydrogen) atoms. The second-order valence-corrected chi connectivity index (χ2v) is 6.49. The molecule has 2 amide bonds. The Morgan fingerprint density at radius 3 is 2.37 bits per heavy atom. The summed E-state index contributed by atoms with van der Waals surface area (Å²) >= 11 is 0. The molecule has 0 aliphatic rings. The molecule has 5 heteroatoms. The van der Waals surface area contributed by atoms with E-state index in [9.17, 15) is 9.59 Å². The minimum Gasteiger partial charge on any atom is -0.326 e. The maximum atomic E-state index is 12.2. The van der Waals surface area contributed by atoms with Crippen LogP contribution in [-0.2, 0) is 4.79 Å². The average Bonchev–Trinajstić information content (AvgIpc) is 2.68. The summed E-state index contributed by atoms with van der Waals surface area (Å²) in [6, 6.07) is 20.6. The lowest BCUT2D eigenvalue weighted by Gasteiger charge is -2.08. The molecule has 2 N–H and O–H groups in total. The first-order chi connectivity index (χ1) is 13.0. The van der Waals surface area contributed by atoms with Gasteiger partial charge in [-0.15, -0.1) is 0 Å². The largest absolute Gasteiger partial charge is 0.326 e. The van der Waals surface area contributed by atoms with Crippen LogP contribution in [-0.4, -0.2) is 18.0 Å². The smallest absolute Gasteiger partial charge is 0.271 e. The first kappa shape index (κ1) is 18.3. The monoisotopic (exact) mass is 359 g/mol. The van der Waals surface area contributed by atoms with Gasteiger partial charge in [-0.2, -0.15) is 5.10 Å². The highest BCUT2D eigenvalue weighted by atomic mass is 16.2. The van der Waals surface area contributed by atoms with Crippen LogP contribution in [0.1, 0.15) is 29.8 Å². The van der Waals surface area contributed by atoms with Crippen LogP contribution >= 0.6 is 0 Å². The van der Waals surface area contributed by atoms with Crippen molar-refractivity contribution in [2.75, 3.05) is 5.32 Å². The van der Waals surface area contributed by atoms with Crippen molar-refractivity contribution in [2.24, 2.45) is 11.0 Å². The number of hydrogen-bond acceptors (Lipinski definition) is 3. The van der Waals surface area contributed by atoms with Crippen LogP contribution in [0.25, 0.3) is 10.8 Å². The van der Waals surface area contributed by atoms with E-state index < -0.39 is 0 Å². The van der Waals surface area contributed by atoms with Crippen molar-refractivity contribution in [3.05, 3.63) is 77.9 Å². The Morgan fingerprint density at radius 1 is 0.926 bits per heavy atom. The predicted molar refractivity (Wildman–Crippen MR) is 109 cm³/mol. The molecule has 0 saturated carbocycles. The molecule has 0 fully saturated rings. The third-order valence-electron chi connectivity index (χ3n) is 4.13. The van der Waals surface area contributed by atoms with Crippen molar-refractivity contribution in [1.82, 2.24) is 5.43 Å². The van der Waals surface area contributed by atoms with Crippen LogP contribution in [0.15, 0.2) is 71.8 Å². The zero-order valence-electron chi connectivity index (χ0n) is 15.3. The molecule has 0 heterocycles. The second kappa shape index (κ2) is 8.27. The highest BCUT2D eigenvalue weighted by Crippen LogP contribution is 2.16. The Bertz CT molecular complexity index is 987. The van der Waals surface area contributed by atoms with Crippen LogP contribution < -0.4 is 10.7 Å². The van der Waals surface area contributed by atoms with Gasteiger partial charge in [0.2, 0.25) is 5.91 Å². The van der Waals surface area contributed by atoms with Crippen molar-refractivity contribution < 1.29 is 9.59 Å². The summed E-state index contributed by atoms with van der Waals surface area (Å²) in [4.78, 5) is 23.9. The van der Waals surface area contributed by atoms with E-state index in [4.69, 9.17) is 0 Å². The zero-order valence-corrected chi connectivity index (χ0v) is 15.3. The van der Waals surface area contributed by atoms with Gasteiger partial charge in [-0.25, -0.2) is 5.43 Å². The van der Waals surface area contributed by atoms with Crippen molar-refractivity contribution in [3.8, 4) is 0 Å². The third kappa shape index (κ3) is 4.58. The minimum absolute atomic E-state index is 0.0631. The molecule has 5 nitrogen and oxygen atoms in total. The summed E-state index contributed by atoms with van der Waals surface area (Å²) in [5, 5.41) is 9.05. The van der Waals surface area contributed by atoms with E-state index in [1.165, 1.54) is 0 Å². The lowest BCUT2D eigenvalue weighted by atomic mass is 10.1. The first-order valence-electron chi connectivity index (χ1n) is 8.76. The molecule has 3 rings (SSSR count). The Hall–Kier alpha value is -3.47. The Labute approximate surface area is 158 Å². The van der Waals surface area contributed by atoms with E-state index in [-0.39, 0.29) is 17.7 Å². The summed E-state index contributed by atoms with van der Waals surface area (Å²) in [6.07, 6.45) is 1.64. The van der Waals surface area contributed by atoms with Crippen molar-refractivity contribution in [2.45, 2.75) is 13.8 Å². The molecule has 0 aliphatic heterocycles. The minimum atomic E-state index is -0.312. The normalized spacial score (nSPS) is 11.1. The lowest BCUT2D eigenvalue weighted by molar-refractivity contribution is -0.118. The number of fused-ring (bicyclic) bond motifs is 1. The van der Waals surface area contributed by atoms with Gasteiger partial charge < -0.3 is 5.32 Å². The number of hydrazone groups is 1. The van der Waals surface area contributed by atoms with Gasteiger partial charge in [0.05, 0.1) is 6.21 Å². The Kier molecular flexibility index (Phi) is 5.61. The summed E-state index contributed by atoms with van der Waals surface area (Å²) in [6.45, 7) is 3.65. The molecule has 0 saturated heterocycles. The van der Waals surface area contributed by atoms with E-state index in [2.05, 4.69) is 15.8 Å². The summed E-state index contributed by atoms with van der Waals surface area (Å²) in [7, 11) is 0. The number of carbonyl (C=O) groups is 2. The van der Waals surface area contributed by atoms with E-state index in [0.29, 0.717) is 11.3 Å². The molecule has 0 radical (unpaired) electrons. The van der Waals surface area contributed by atoms with E-state index >= 15 is 0 Å². The fourth-order valence-corrected chi connectivity index (χ4v) is 2.58. The maximum absolute atomic E-state index is 12.2. The molecule has 0 bridgehead atoms. The molecular weight excluding hydrogens is 338 g/mol. The molecule has 0 aromatic heterocycles. The number of anilines is 1. The number of nitrogens with one attached hydrogen (secondary N) is 2. The summed E-state index contributed by atoms with van der Waals surface area (Å²) in [5.41, 5.74) is 4.59. The molecule has 0 aliphatic carbocycles. The number of amides is 2. The number of nitrogens with zero attached hydrogens (tertiary/aromatic N) is 1. The highest BCUT2D eigenvalue weighted by molar-refractivity contribution is 6.01. The average molecular weight is 359 g/mol. The maximum Gasteiger partial charge on any atom is 0.271 e. The number of benzene rings is 3. The first-order valence-corrected chi connectivity index (χ1v) is 8.76. The topological polar surface area (TPSA) is 70.6 Å². The van der Waals surface area contributed by atoms with Gasteiger partial charge >= 0.3 is 0 Å². The van der Waals surface area contributed by atoms with E-state index in [0.717, 1.165) is 16.3 Å². The highest BCUT2D eigenvalue weighted by Gasteiger charge is 2.08. The van der Waals surface area contributed by atoms with Crippen LogP contribution in [0, 0.1) is 5.92 Å². The van der Waals surface area contributed by atoms with Crippen LogP contribution in [0.4, 0.5) is 5.69 Å². The molecule has 136 valence electrons. The molecule has 0 atom stereocenters. The van der Waals surface area contributed by atoms with Crippen LogP contribution in [0.3, 0.4) is 0 Å². The van der Waals surface area contributed by atoms with E-state index in [1.54, 1.807) is 30.5 Å². The van der Waals surface area contributed by atoms with E-state index in [1.807, 2.05) is 56.3 Å². The Morgan fingerprint density at radius 2 is 1.63 bits per heavy atom. The van der Waals surface area contributed by atoms with Gasteiger partial charge in [0.15, 0.2) is 0 Å². The fourth-order valence-electron chi connectivity index (χ4n) is 2.58. The Balaban J connectivity index is 1.65. The van der Waals surface area contributed by atoms with Gasteiger partial charge in [0.25, 0.3) is 5.91 Å². The predicted octanol–water partition coefficient (Wildman–Crippen LogP) is 4.20. The molecule has 3 aromatic carbocycles. The molecular formula is C22H21N3O2. The SMILES string of the molecule is CC(C)C(=O)Nc1ccc(C(=O)NN=Cc2cccc3ccccc23)cc1. The second-order valence-electron chi connectivity index (χ2n) is 6.49. The molecule has 0 spiro atoms. The standard InChI is InChI=1S/C22H21N3O2/c1-15(2)21(26)24-19-12-10-17(11-13-19)22(27)25-23-14-18-8-5-7-16-6-3-4-9-20(16)18/h3-15H,1-2H3,(H,24,26)(H,25,27). The summed E-state index contributed by atoms with van der Waals surface area (Å²) in [5.74, 6) is -0.475. The quantitative estimate of drug-likeness (QED) is 0.529. The van der Waals surface area contributed by atoms with Gasteiger partial charge in [-0.05, 0) is 35.0 Å². The lowest BCUT2D eigenvalue weighted by Crippen LogP contribution is -2.19. The molecule has 0 unspecified atom stereocenters. The van der Waals surface area contributed by atoms with Gasteiger partial charge in [0.1, 0.15) is 0 Å². The van der Waals surface area contributed by atoms with Gasteiger partial charge in [-0.1, -0.05) is 56.3 Å². The molecule has 3 aromatic rings. The van der Waals surface area contributed by atoms with Crippen molar-refractivity contribution in [3.63, 3.8) is 0 Å². The fraction of sp³-hybridized carbons (Fsp3) is 0.136. The number of hydrogen-bond donors (Lipinski definition) is 2. The zero-order chi connectivity index (χ0) is 19.2. The van der Waals surface area contributed by atoms with Crippen molar-refractivity contribution >= 4 is 34.5 Å². The third-order valence-corrected chi connectivity index (χ3v) is 4.13. The van der Waals surface area contributed by atoms with Gasteiger partial charge in [0, 0.05) is 22.7 Å². The number of rotatable bonds is 5. The number of carbonyl (C=O) groups excluding carboxylic acids is 2. The van der Waals surface area contributed by atoms with Gasteiger partial charge in [-0.3, -0.25) is 9.59 Å². The summed E-state index contributed by atoms with van der Waals surface area (Å²) < 4.78 is 0. The van der Waals surface area contributed by atoms with Crippen LogP contribution in [0.2, 0.25) is 0 Å². The van der Waals surface area contributed by atoms with Crippen LogP contribution in [0.5, 0.6) is 0 Å². The van der Waals surface area contributed by atoms with Crippen molar-refractivity contribution in [1.29, 1.82) is 0 Å².